The molecule has 1 heterocycles. The van der Waals surface area contributed by atoms with Gasteiger partial charge < -0.3 is 15.0 Å². The lowest BCUT2D eigenvalue weighted by Gasteiger charge is -2.23. The second kappa shape index (κ2) is 8.52. The largest absolute Gasteiger partial charge is 0.370 e. The Morgan fingerprint density at radius 3 is 2.40 bits per heavy atom. The van der Waals surface area contributed by atoms with Crippen molar-refractivity contribution in [3.05, 3.63) is 53.6 Å². The minimum Gasteiger partial charge on any atom is -0.370 e. The van der Waals surface area contributed by atoms with E-state index < -0.39 is 0 Å². The minimum atomic E-state index is 0.0615. The monoisotopic (exact) mass is 357 g/mol. The first-order chi connectivity index (χ1) is 12.1. The zero-order valence-corrected chi connectivity index (χ0v) is 15.6. The summed E-state index contributed by atoms with van der Waals surface area (Å²) in [4.78, 5) is 15.8. The van der Waals surface area contributed by atoms with Crippen LogP contribution in [0.1, 0.15) is 11.1 Å². The van der Waals surface area contributed by atoms with E-state index in [1.807, 2.05) is 12.1 Å². The van der Waals surface area contributed by atoms with E-state index in [4.69, 9.17) is 4.74 Å². The van der Waals surface area contributed by atoms with Gasteiger partial charge in [-0.3, -0.25) is 4.79 Å². The number of carbonyl (C=O) groups excluding carboxylic acids is 1. The number of morpholine rings is 1. The summed E-state index contributed by atoms with van der Waals surface area (Å²) in [6.07, 6.45) is 0. The standard InChI is InChI=1S/C20H24N2O2S/c1-15-3-6-19(13-16(15)2)25-18-7-4-17(5-8-18)21-20(23)14-22-9-11-24-12-10-22/h3-8,13H,9-12,14H2,1-2H3,(H,21,23)/p+1. The van der Waals surface area contributed by atoms with E-state index in [9.17, 15) is 4.79 Å². The molecule has 5 heteroatoms. The summed E-state index contributed by atoms with van der Waals surface area (Å²) < 4.78 is 5.32. The van der Waals surface area contributed by atoms with E-state index >= 15 is 0 Å². The van der Waals surface area contributed by atoms with Crippen LogP contribution in [0.25, 0.3) is 0 Å². The van der Waals surface area contributed by atoms with Crippen LogP contribution in [-0.2, 0) is 9.53 Å². The van der Waals surface area contributed by atoms with Crippen LogP contribution in [-0.4, -0.2) is 38.8 Å². The van der Waals surface area contributed by atoms with Crippen LogP contribution in [0.5, 0.6) is 0 Å². The van der Waals surface area contributed by atoms with Crippen molar-refractivity contribution in [1.29, 1.82) is 0 Å². The van der Waals surface area contributed by atoms with Crippen molar-refractivity contribution in [3.63, 3.8) is 0 Å². The average Bonchev–Trinajstić information content (AvgIpc) is 2.61. The first-order valence-corrected chi connectivity index (χ1v) is 9.48. The predicted octanol–water partition coefficient (Wildman–Crippen LogP) is 2.31. The van der Waals surface area contributed by atoms with Crippen LogP contribution in [0, 0.1) is 13.8 Å². The van der Waals surface area contributed by atoms with Gasteiger partial charge in [-0.2, -0.15) is 0 Å². The average molecular weight is 357 g/mol. The number of hydrogen-bond acceptors (Lipinski definition) is 3. The molecule has 1 saturated heterocycles. The molecule has 1 aliphatic heterocycles. The van der Waals surface area contributed by atoms with E-state index in [2.05, 4.69) is 49.5 Å². The second-order valence-electron chi connectivity index (χ2n) is 6.46. The molecular weight excluding hydrogens is 332 g/mol. The quantitative estimate of drug-likeness (QED) is 0.863. The molecule has 0 bridgehead atoms. The van der Waals surface area contributed by atoms with E-state index in [-0.39, 0.29) is 5.91 Å². The number of rotatable bonds is 5. The maximum atomic E-state index is 12.1. The highest BCUT2D eigenvalue weighted by atomic mass is 32.2. The Bertz CT molecular complexity index is 725. The van der Waals surface area contributed by atoms with Crippen LogP contribution in [0.4, 0.5) is 5.69 Å². The molecule has 0 aliphatic carbocycles. The van der Waals surface area contributed by atoms with Crippen LogP contribution < -0.4 is 10.2 Å². The summed E-state index contributed by atoms with van der Waals surface area (Å²) in [5.41, 5.74) is 3.46. The normalized spacial score (nSPS) is 15.1. The molecular formula is C20H25N2O2S+. The van der Waals surface area contributed by atoms with Gasteiger partial charge in [-0.25, -0.2) is 0 Å². The Hall–Kier alpha value is -1.82. The second-order valence-corrected chi connectivity index (χ2v) is 7.61. The molecule has 132 valence electrons. The molecule has 3 rings (SSSR count). The smallest absolute Gasteiger partial charge is 0.279 e. The summed E-state index contributed by atoms with van der Waals surface area (Å²) in [5.74, 6) is 0.0615. The lowest BCUT2D eigenvalue weighted by atomic mass is 10.1. The molecule has 25 heavy (non-hydrogen) atoms. The maximum absolute atomic E-state index is 12.1. The van der Waals surface area contributed by atoms with Gasteiger partial charge in [0.2, 0.25) is 0 Å². The highest BCUT2D eigenvalue weighted by Gasteiger charge is 2.17. The predicted molar refractivity (Wildman–Crippen MR) is 101 cm³/mol. The lowest BCUT2D eigenvalue weighted by Crippen LogP contribution is -3.15. The summed E-state index contributed by atoms with van der Waals surface area (Å²) >= 11 is 1.74. The van der Waals surface area contributed by atoms with Crippen molar-refractivity contribution in [1.82, 2.24) is 0 Å². The zero-order chi connectivity index (χ0) is 17.6. The van der Waals surface area contributed by atoms with Crippen molar-refractivity contribution in [3.8, 4) is 0 Å². The third kappa shape index (κ3) is 5.33. The summed E-state index contributed by atoms with van der Waals surface area (Å²) in [6.45, 7) is 8.05. The van der Waals surface area contributed by atoms with Crippen LogP contribution in [0.3, 0.4) is 0 Å². The fourth-order valence-electron chi connectivity index (χ4n) is 2.79. The minimum absolute atomic E-state index is 0.0615. The third-order valence-corrected chi connectivity index (χ3v) is 5.46. The SMILES string of the molecule is Cc1ccc(Sc2ccc(NC(=O)C[NH+]3CCOCC3)cc2)cc1C. The maximum Gasteiger partial charge on any atom is 0.279 e. The molecule has 4 nitrogen and oxygen atoms in total. The fraction of sp³-hybridized carbons (Fsp3) is 0.350. The molecule has 1 fully saturated rings. The number of ether oxygens (including phenoxy) is 1. The highest BCUT2D eigenvalue weighted by Crippen LogP contribution is 2.29. The van der Waals surface area contributed by atoms with E-state index in [0.717, 1.165) is 32.0 Å². The van der Waals surface area contributed by atoms with Gasteiger partial charge in [-0.05, 0) is 61.4 Å². The number of nitrogens with one attached hydrogen (secondary N) is 2. The van der Waals surface area contributed by atoms with Crippen molar-refractivity contribution in [2.24, 2.45) is 0 Å². The summed E-state index contributed by atoms with van der Waals surface area (Å²) in [5, 5.41) is 2.99. The number of amides is 1. The Morgan fingerprint density at radius 1 is 1.04 bits per heavy atom. The summed E-state index contributed by atoms with van der Waals surface area (Å²) in [7, 11) is 0. The zero-order valence-electron chi connectivity index (χ0n) is 14.8. The van der Waals surface area contributed by atoms with E-state index in [1.54, 1.807) is 11.8 Å². The third-order valence-electron chi connectivity index (χ3n) is 4.46. The molecule has 1 amide bonds. The highest BCUT2D eigenvalue weighted by molar-refractivity contribution is 7.99. The van der Waals surface area contributed by atoms with Crippen molar-refractivity contribution >= 4 is 23.4 Å². The summed E-state index contributed by atoms with van der Waals surface area (Å²) in [6, 6.07) is 14.6. The van der Waals surface area contributed by atoms with Crippen LogP contribution in [0.2, 0.25) is 0 Å². The first-order valence-electron chi connectivity index (χ1n) is 8.66. The van der Waals surface area contributed by atoms with Crippen molar-refractivity contribution in [2.75, 3.05) is 38.2 Å². The van der Waals surface area contributed by atoms with Gasteiger partial charge in [0.25, 0.3) is 5.91 Å². The van der Waals surface area contributed by atoms with Gasteiger partial charge in [0, 0.05) is 15.5 Å². The number of aryl methyl sites for hydroxylation is 2. The van der Waals surface area contributed by atoms with Crippen molar-refractivity contribution in [2.45, 2.75) is 23.6 Å². The molecule has 2 N–H and O–H groups in total. The first kappa shape index (κ1) is 18.0. The number of quaternary nitrogens is 1. The molecule has 0 aromatic heterocycles. The van der Waals surface area contributed by atoms with Gasteiger partial charge in [0.1, 0.15) is 13.1 Å². The molecule has 1 aliphatic rings. The number of benzene rings is 2. The molecule has 0 unspecified atom stereocenters. The molecule has 2 aromatic rings. The van der Waals surface area contributed by atoms with Gasteiger partial charge in [-0.15, -0.1) is 0 Å². The molecule has 0 radical (unpaired) electrons. The molecule has 2 aromatic carbocycles. The van der Waals surface area contributed by atoms with Gasteiger partial charge in [-0.1, -0.05) is 17.8 Å². The van der Waals surface area contributed by atoms with E-state index in [1.165, 1.54) is 25.8 Å². The fourth-order valence-corrected chi connectivity index (χ4v) is 3.71. The lowest BCUT2D eigenvalue weighted by molar-refractivity contribution is -0.899. The Kier molecular flexibility index (Phi) is 6.13. The van der Waals surface area contributed by atoms with E-state index in [0.29, 0.717) is 6.54 Å². The molecule has 0 atom stereocenters. The van der Waals surface area contributed by atoms with Gasteiger partial charge >= 0.3 is 0 Å². The van der Waals surface area contributed by atoms with Crippen LogP contribution in [0.15, 0.2) is 52.3 Å². The van der Waals surface area contributed by atoms with Crippen molar-refractivity contribution < 1.29 is 14.4 Å². The molecule has 0 spiro atoms. The van der Waals surface area contributed by atoms with Gasteiger partial charge in [0.05, 0.1) is 13.2 Å². The Morgan fingerprint density at radius 2 is 1.72 bits per heavy atom. The van der Waals surface area contributed by atoms with Gasteiger partial charge in [0.15, 0.2) is 6.54 Å². The number of anilines is 1. The molecule has 0 saturated carbocycles. The Balaban J connectivity index is 1.54. The number of carbonyl (C=O) groups is 1. The Labute approximate surface area is 153 Å². The topological polar surface area (TPSA) is 42.8 Å². The number of hydrogen-bond donors (Lipinski definition) is 2. The van der Waals surface area contributed by atoms with Crippen LogP contribution >= 0.6 is 11.8 Å².